The Bertz CT molecular complexity index is 489. The fourth-order valence-electron chi connectivity index (χ4n) is 2.70. The standard InChI is InChI=1S/C15H20N2O/c1-15(2,12-5-6-12)17-14(18)11-4-3-10-7-8-16-13(10)9-11/h3-4,9,12,16H,5-8H2,1-2H3,(H,17,18). The summed E-state index contributed by atoms with van der Waals surface area (Å²) < 4.78 is 0. The lowest BCUT2D eigenvalue weighted by atomic mass is 9.98. The van der Waals surface area contributed by atoms with Crippen LogP contribution in [0.2, 0.25) is 0 Å². The Morgan fingerprint density at radius 2 is 2.17 bits per heavy atom. The first-order chi connectivity index (χ1) is 8.56. The summed E-state index contributed by atoms with van der Waals surface area (Å²) in [6.07, 6.45) is 3.53. The molecule has 0 spiro atoms. The molecule has 0 radical (unpaired) electrons. The summed E-state index contributed by atoms with van der Waals surface area (Å²) >= 11 is 0. The number of hydrogen-bond donors (Lipinski definition) is 2. The van der Waals surface area contributed by atoms with Crippen LogP contribution in [0.25, 0.3) is 0 Å². The molecule has 96 valence electrons. The third-order valence-electron chi connectivity index (χ3n) is 4.12. The minimum absolute atomic E-state index is 0.0448. The van der Waals surface area contributed by atoms with Gasteiger partial charge in [-0.2, -0.15) is 0 Å². The molecule has 3 rings (SSSR count). The van der Waals surface area contributed by atoms with Crippen molar-refractivity contribution in [3.8, 4) is 0 Å². The summed E-state index contributed by atoms with van der Waals surface area (Å²) in [6, 6.07) is 5.97. The molecule has 3 heteroatoms. The van der Waals surface area contributed by atoms with E-state index in [1.807, 2.05) is 12.1 Å². The molecule has 1 saturated carbocycles. The van der Waals surface area contributed by atoms with Crippen molar-refractivity contribution in [2.45, 2.75) is 38.6 Å². The van der Waals surface area contributed by atoms with Crippen LogP contribution in [0, 0.1) is 5.92 Å². The number of carbonyl (C=O) groups is 1. The number of amides is 1. The minimum atomic E-state index is -0.0798. The number of nitrogens with one attached hydrogen (secondary N) is 2. The quantitative estimate of drug-likeness (QED) is 0.858. The van der Waals surface area contributed by atoms with Crippen LogP contribution in [-0.2, 0) is 6.42 Å². The SMILES string of the molecule is CC(C)(NC(=O)c1ccc2c(c1)NCC2)C1CC1. The first-order valence-corrected chi connectivity index (χ1v) is 6.75. The average molecular weight is 244 g/mol. The van der Waals surface area contributed by atoms with E-state index in [-0.39, 0.29) is 11.4 Å². The molecule has 1 aromatic carbocycles. The number of fused-ring (bicyclic) bond motifs is 1. The van der Waals surface area contributed by atoms with Crippen molar-refractivity contribution in [1.29, 1.82) is 0 Å². The zero-order valence-electron chi connectivity index (χ0n) is 11.0. The molecule has 1 aliphatic carbocycles. The summed E-state index contributed by atoms with van der Waals surface area (Å²) in [6.45, 7) is 5.22. The molecular formula is C15H20N2O. The zero-order chi connectivity index (χ0) is 12.8. The fraction of sp³-hybridized carbons (Fsp3) is 0.533. The molecule has 1 heterocycles. The predicted octanol–water partition coefficient (Wildman–Crippen LogP) is 2.57. The lowest BCUT2D eigenvalue weighted by Gasteiger charge is -2.26. The summed E-state index contributed by atoms with van der Waals surface area (Å²) in [5, 5.41) is 6.47. The molecule has 1 aliphatic heterocycles. The van der Waals surface area contributed by atoms with E-state index in [4.69, 9.17) is 0 Å². The van der Waals surface area contributed by atoms with Crippen LogP contribution in [0.1, 0.15) is 42.6 Å². The molecule has 0 aromatic heterocycles. The molecule has 0 bridgehead atoms. The van der Waals surface area contributed by atoms with Gasteiger partial charge in [-0.05, 0) is 56.7 Å². The zero-order valence-corrected chi connectivity index (χ0v) is 11.0. The first-order valence-electron chi connectivity index (χ1n) is 6.75. The molecule has 1 aromatic rings. The summed E-state index contributed by atoms with van der Waals surface area (Å²) in [5.74, 6) is 0.692. The molecule has 0 atom stereocenters. The van der Waals surface area contributed by atoms with Crippen molar-refractivity contribution in [2.75, 3.05) is 11.9 Å². The fourth-order valence-corrected chi connectivity index (χ4v) is 2.70. The van der Waals surface area contributed by atoms with E-state index in [1.54, 1.807) is 0 Å². The van der Waals surface area contributed by atoms with E-state index in [0.717, 1.165) is 24.2 Å². The van der Waals surface area contributed by atoms with Gasteiger partial charge in [0.25, 0.3) is 5.91 Å². The van der Waals surface area contributed by atoms with Crippen LogP contribution in [0.3, 0.4) is 0 Å². The maximum absolute atomic E-state index is 12.3. The highest BCUT2D eigenvalue weighted by atomic mass is 16.1. The van der Waals surface area contributed by atoms with Crippen molar-refractivity contribution in [1.82, 2.24) is 5.32 Å². The van der Waals surface area contributed by atoms with Crippen LogP contribution in [0.15, 0.2) is 18.2 Å². The van der Waals surface area contributed by atoms with Crippen LogP contribution >= 0.6 is 0 Å². The second kappa shape index (κ2) is 4.01. The van der Waals surface area contributed by atoms with Crippen molar-refractivity contribution in [2.24, 2.45) is 5.92 Å². The molecule has 1 amide bonds. The van der Waals surface area contributed by atoms with Gasteiger partial charge in [-0.3, -0.25) is 4.79 Å². The second-order valence-electron chi connectivity index (χ2n) is 6.00. The van der Waals surface area contributed by atoms with Gasteiger partial charge in [0.15, 0.2) is 0 Å². The third-order valence-corrected chi connectivity index (χ3v) is 4.12. The van der Waals surface area contributed by atoms with Crippen molar-refractivity contribution in [3.63, 3.8) is 0 Å². The normalized spacial score (nSPS) is 18.1. The van der Waals surface area contributed by atoms with Gasteiger partial charge < -0.3 is 10.6 Å². The van der Waals surface area contributed by atoms with Crippen LogP contribution in [0.4, 0.5) is 5.69 Å². The molecule has 3 nitrogen and oxygen atoms in total. The largest absolute Gasteiger partial charge is 0.384 e. The third kappa shape index (κ3) is 2.09. The second-order valence-corrected chi connectivity index (χ2v) is 6.00. The van der Waals surface area contributed by atoms with E-state index >= 15 is 0 Å². The predicted molar refractivity (Wildman–Crippen MR) is 72.9 cm³/mol. The summed E-state index contributed by atoms with van der Waals surface area (Å²) in [4.78, 5) is 12.3. The van der Waals surface area contributed by atoms with Crippen molar-refractivity contribution < 1.29 is 4.79 Å². The Morgan fingerprint density at radius 1 is 1.39 bits per heavy atom. The Labute approximate surface area is 108 Å². The van der Waals surface area contributed by atoms with E-state index in [0.29, 0.717) is 5.92 Å². The molecule has 2 N–H and O–H groups in total. The number of anilines is 1. The van der Waals surface area contributed by atoms with E-state index in [1.165, 1.54) is 18.4 Å². The van der Waals surface area contributed by atoms with Crippen LogP contribution in [-0.4, -0.2) is 18.0 Å². The van der Waals surface area contributed by atoms with Gasteiger partial charge in [0, 0.05) is 23.3 Å². The molecule has 0 unspecified atom stereocenters. The average Bonchev–Trinajstić information content (AvgIpc) is 3.08. The Hall–Kier alpha value is -1.51. The molecular weight excluding hydrogens is 224 g/mol. The highest BCUT2D eigenvalue weighted by Crippen LogP contribution is 2.39. The van der Waals surface area contributed by atoms with E-state index in [9.17, 15) is 4.79 Å². The van der Waals surface area contributed by atoms with Gasteiger partial charge in [0.2, 0.25) is 0 Å². The molecule has 0 saturated heterocycles. The number of hydrogen-bond acceptors (Lipinski definition) is 2. The van der Waals surface area contributed by atoms with Gasteiger partial charge in [-0.1, -0.05) is 6.07 Å². The summed E-state index contributed by atoms with van der Waals surface area (Å²) in [5.41, 5.74) is 3.11. The van der Waals surface area contributed by atoms with Gasteiger partial charge in [0.1, 0.15) is 0 Å². The highest BCUT2D eigenvalue weighted by Gasteiger charge is 2.38. The van der Waals surface area contributed by atoms with Crippen LogP contribution < -0.4 is 10.6 Å². The van der Waals surface area contributed by atoms with Crippen molar-refractivity contribution >= 4 is 11.6 Å². The number of carbonyl (C=O) groups excluding carboxylic acids is 1. The Morgan fingerprint density at radius 3 is 2.89 bits per heavy atom. The van der Waals surface area contributed by atoms with Crippen LogP contribution in [0.5, 0.6) is 0 Å². The van der Waals surface area contributed by atoms with Gasteiger partial charge in [0.05, 0.1) is 0 Å². The van der Waals surface area contributed by atoms with E-state index < -0.39 is 0 Å². The highest BCUT2D eigenvalue weighted by molar-refractivity contribution is 5.96. The first kappa shape index (κ1) is 11.6. The van der Waals surface area contributed by atoms with Crippen molar-refractivity contribution in [3.05, 3.63) is 29.3 Å². The molecule has 2 aliphatic rings. The number of rotatable bonds is 3. The maximum Gasteiger partial charge on any atom is 0.251 e. The lowest BCUT2D eigenvalue weighted by molar-refractivity contribution is 0.0903. The Kier molecular flexibility index (Phi) is 2.58. The van der Waals surface area contributed by atoms with Gasteiger partial charge in [-0.15, -0.1) is 0 Å². The molecule has 18 heavy (non-hydrogen) atoms. The lowest BCUT2D eigenvalue weighted by Crippen LogP contribution is -2.45. The van der Waals surface area contributed by atoms with E-state index in [2.05, 4.69) is 30.5 Å². The smallest absolute Gasteiger partial charge is 0.251 e. The molecule has 1 fully saturated rings. The van der Waals surface area contributed by atoms with Gasteiger partial charge >= 0.3 is 0 Å². The summed E-state index contributed by atoms with van der Waals surface area (Å²) in [7, 11) is 0. The van der Waals surface area contributed by atoms with Gasteiger partial charge in [-0.25, -0.2) is 0 Å². The minimum Gasteiger partial charge on any atom is -0.384 e. The Balaban J connectivity index is 1.76. The number of benzene rings is 1. The monoisotopic (exact) mass is 244 g/mol. The maximum atomic E-state index is 12.3. The topological polar surface area (TPSA) is 41.1 Å².